The molecule has 3 rings (SSSR count). The van der Waals surface area contributed by atoms with Gasteiger partial charge in [0.05, 0.1) is 11.5 Å². The standard InChI is InChI=1S/C18H26O7/c1-8(2)5-10(19)13-14(21)9-6-11-16(3,4)25-12(20)7-17(11,23)18(9,24)15(13)22/h8-9,11-12,20,22-24H,5-7H2,1-4H3/t9-,11+,12?,17+,18+/m1/s1. The second kappa shape index (κ2) is 5.36. The van der Waals surface area contributed by atoms with Crippen LogP contribution < -0.4 is 0 Å². The van der Waals surface area contributed by atoms with Gasteiger partial charge in [-0.25, -0.2) is 0 Å². The van der Waals surface area contributed by atoms with E-state index in [2.05, 4.69) is 0 Å². The maximum Gasteiger partial charge on any atom is 0.176 e. The van der Waals surface area contributed by atoms with Crippen molar-refractivity contribution in [2.75, 3.05) is 0 Å². The summed E-state index contributed by atoms with van der Waals surface area (Å²) in [4.78, 5) is 25.2. The van der Waals surface area contributed by atoms with Crippen LogP contribution in [0.2, 0.25) is 0 Å². The Morgan fingerprint density at radius 1 is 1.32 bits per heavy atom. The molecule has 7 heteroatoms. The van der Waals surface area contributed by atoms with E-state index < -0.39 is 57.8 Å². The first kappa shape index (κ1) is 18.5. The van der Waals surface area contributed by atoms with E-state index in [-0.39, 0.29) is 25.2 Å². The molecule has 1 heterocycles. The highest BCUT2D eigenvalue weighted by Gasteiger charge is 2.76. The first-order valence-electron chi connectivity index (χ1n) is 8.68. The number of aliphatic hydroxyl groups excluding tert-OH is 2. The zero-order valence-corrected chi connectivity index (χ0v) is 14.9. The molecule has 2 fully saturated rings. The van der Waals surface area contributed by atoms with Crippen molar-refractivity contribution < 1.29 is 34.8 Å². The van der Waals surface area contributed by atoms with Crippen LogP contribution in [0.1, 0.15) is 47.0 Å². The molecular weight excluding hydrogens is 328 g/mol. The number of hydrogen-bond acceptors (Lipinski definition) is 7. The number of rotatable bonds is 3. The van der Waals surface area contributed by atoms with Gasteiger partial charge in [-0.3, -0.25) is 9.59 Å². The van der Waals surface area contributed by atoms with Crippen LogP contribution in [0, 0.1) is 17.8 Å². The van der Waals surface area contributed by atoms with Gasteiger partial charge in [0.2, 0.25) is 0 Å². The Hall–Kier alpha value is -1.28. The Morgan fingerprint density at radius 3 is 2.48 bits per heavy atom. The molecule has 0 aromatic rings. The minimum atomic E-state index is -2.28. The summed E-state index contributed by atoms with van der Waals surface area (Å²) >= 11 is 0. The molecule has 1 aliphatic heterocycles. The van der Waals surface area contributed by atoms with E-state index in [1.165, 1.54) is 0 Å². The van der Waals surface area contributed by atoms with Crippen LogP contribution in [0.25, 0.3) is 0 Å². The van der Waals surface area contributed by atoms with Crippen LogP contribution in [0.15, 0.2) is 11.3 Å². The summed E-state index contributed by atoms with van der Waals surface area (Å²) in [7, 11) is 0. The lowest BCUT2D eigenvalue weighted by Crippen LogP contribution is -2.65. The van der Waals surface area contributed by atoms with Crippen LogP contribution >= 0.6 is 0 Å². The number of allylic oxidation sites excluding steroid dienone is 1. The van der Waals surface area contributed by atoms with E-state index in [9.17, 15) is 30.0 Å². The average molecular weight is 354 g/mol. The fourth-order valence-electron chi connectivity index (χ4n) is 4.96. The minimum absolute atomic E-state index is 0.0182. The summed E-state index contributed by atoms with van der Waals surface area (Å²) < 4.78 is 5.47. The number of carbonyl (C=O) groups excluding carboxylic acids is 2. The van der Waals surface area contributed by atoms with Crippen molar-refractivity contribution >= 4 is 11.6 Å². The summed E-state index contributed by atoms with van der Waals surface area (Å²) in [6.45, 7) is 6.94. The van der Waals surface area contributed by atoms with Crippen molar-refractivity contribution in [3.8, 4) is 0 Å². The van der Waals surface area contributed by atoms with Crippen molar-refractivity contribution in [2.24, 2.45) is 17.8 Å². The summed E-state index contributed by atoms with van der Waals surface area (Å²) in [5.41, 5.74) is -5.65. The topological polar surface area (TPSA) is 124 Å². The Bertz CT molecular complexity index is 664. The molecule has 1 unspecified atom stereocenters. The number of Topliss-reactive ketones (excluding diaryl/α,β-unsaturated/α-hetero) is 2. The zero-order valence-electron chi connectivity index (χ0n) is 14.9. The molecule has 0 aromatic carbocycles. The molecule has 7 nitrogen and oxygen atoms in total. The first-order chi connectivity index (χ1) is 11.4. The summed E-state index contributed by atoms with van der Waals surface area (Å²) in [5.74, 6) is -3.75. The molecule has 4 N–H and O–H groups in total. The number of carbonyl (C=O) groups is 2. The Kier molecular flexibility index (Phi) is 3.97. The van der Waals surface area contributed by atoms with Crippen molar-refractivity contribution in [3.05, 3.63) is 11.3 Å². The fraction of sp³-hybridized carbons (Fsp3) is 0.778. The molecule has 25 heavy (non-hydrogen) atoms. The van der Waals surface area contributed by atoms with Crippen molar-refractivity contribution in [1.29, 1.82) is 0 Å². The van der Waals surface area contributed by atoms with E-state index in [4.69, 9.17) is 4.74 Å². The van der Waals surface area contributed by atoms with Gasteiger partial charge < -0.3 is 25.2 Å². The highest BCUT2D eigenvalue weighted by atomic mass is 16.6. The molecule has 140 valence electrons. The lowest BCUT2D eigenvalue weighted by atomic mass is 9.69. The number of fused-ring (bicyclic) bond motifs is 3. The number of aliphatic hydroxyl groups is 4. The molecule has 3 aliphatic rings. The zero-order chi connectivity index (χ0) is 18.9. The van der Waals surface area contributed by atoms with Gasteiger partial charge in [0.1, 0.15) is 16.9 Å². The average Bonchev–Trinajstić information content (AvgIpc) is 2.77. The third-order valence-corrected chi connectivity index (χ3v) is 6.01. The van der Waals surface area contributed by atoms with Gasteiger partial charge >= 0.3 is 0 Å². The summed E-state index contributed by atoms with van der Waals surface area (Å²) in [6, 6.07) is 0. The van der Waals surface area contributed by atoms with E-state index in [1.807, 2.05) is 13.8 Å². The van der Waals surface area contributed by atoms with Crippen LogP contribution in [0.4, 0.5) is 0 Å². The second-order valence-corrected chi connectivity index (χ2v) is 8.52. The molecule has 1 saturated carbocycles. The van der Waals surface area contributed by atoms with Gasteiger partial charge in [-0.2, -0.15) is 0 Å². The Morgan fingerprint density at radius 2 is 1.92 bits per heavy atom. The molecule has 0 bridgehead atoms. The number of ether oxygens (including phenoxy) is 1. The van der Waals surface area contributed by atoms with Crippen molar-refractivity contribution in [3.63, 3.8) is 0 Å². The molecule has 2 aliphatic carbocycles. The summed E-state index contributed by atoms with van der Waals surface area (Å²) in [5, 5.41) is 43.1. The van der Waals surface area contributed by atoms with E-state index >= 15 is 0 Å². The predicted molar refractivity (Wildman–Crippen MR) is 86.4 cm³/mol. The monoisotopic (exact) mass is 354 g/mol. The quantitative estimate of drug-likeness (QED) is 0.547. The van der Waals surface area contributed by atoms with Gasteiger partial charge in [-0.1, -0.05) is 13.8 Å². The Balaban J connectivity index is 2.10. The molecule has 5 atom stereocenters. The van der Waals surface area contributed by atoms with Crippen LogP contribution in [0.5, 0.6) is 0 Å². The van der Waals surface area contributed by atoms with Crippen LogP contribution in [0.3, 0.4) is 0 Å². The largest absolute Gasteiger partial charge is 0.508 e. The van der Waals surface area contributed by atoms with Gasteiger partial charge in [0, 0.05) is 18.8 Å². The maximum atomic E-state index is 12.8. The minimum Gasteiger partial charge on any atom is -0.508 e. The van der Waals surface area contributed by atoms with Crippen LogP contribution in [-0.2, 0) is 14.3 Å². The SMILES string of the molecule is CC(C)CC(=O)C1=C(O)[C@@]2(O)[C@H](C[C@H]3C(C)(C)OC(O)C[C@]32O)C1=O. The first-order valence-corrected chi connectivity index (χ1v) is 8.68. The van der Waals surface area contributed by atoms with Gasteiger partial charge in [0.25, 0.3) is 0 Å². The third kappa shape index (κ3) is 2.26. The Labute approximate surface area is 146 Å². The van der Waals surface area contributed by atoms with Crippen molar-refractivity contribution in [1.82, 2.24) is 0 Å². The molecule has 0 spiro atoms. The molecule has 0 aromatic heterocycles. The van der Waals surface area contributed by atoms with E-state index in [0.717, 1.165) is 0 Å². The van der Waals surface area contributed by atoms with Crippen LogP contribution in [-0.4, -0.2) is 55.1 Å². The van der Waals surface area contributed by atoms with Gasteiger partial charge in [-0.15, -0.1) is 0 Å². The highest BCUT2D eigenvalue weighted by molar-refractivity contribution is 6.24. The maximum absolute atomic E-state index is 12.8. The normalized spacial score (nSPS) is 42.7. The second-order valence-electron chi connectivity index (χ2n) is 8.52. The lowest BCUT2D eigenvalue weighted by molar-refractivity contribution is -0.299. The molecular formula is C18H26O7. The predicted octanol–water partition coefficient (Wildman–Crippen LogP) is 0.612. The summed E-state index contributed by atoms with van der Waals surface area (Å²) in [6.07, 6.45) is -1.57. The fourth-order valence-corrected chi connectivity index (χ4v) is 4.96. The molecule has 0 amide bonds. The third-order valence-electron chi connectivity index (χ3n) is 6.01. The molecule has 0 radical (unpaired) electrons. The van der Waals surface area contributed by atoms with E-state index in [0.29, 0.717) is 0 Å². The van der Waals surface area contributed by atoms with Gasteiger partial charge in [-0.05, 0) is 26.2 Å². The smallest absolute Gasteiger partial charge is 0.176 e. The van der Waals surface area contributed by atoms with Gasteiger partial charge in [0.15, 0.2) is 23.5 Å². The van der Waals surface area contributed by atoms with Crippen molar-refractivity contribution in [2.45, 2.75) is 70.1 Å². The number of hydrogen-bond donors (Lipinski definition) is 4. The highest BCUT2D eigenvalue weighted by Crippen LogP contribution is 2.62. The number of ketones is 2. The van der Waals surface area contributed by atoms with E-state index in [1.54, 1.807) is 13.8 Å². The molecule has 1 saturated heterocycles. The lowest BCUT2D eigenvalue weighted by Gasteiger charge is -2.51.